The molecule has 7 nitrogen and oxygen atoms in total. The smallest absolute Gasteiger partial charge is 0.261 e. The maximum atomic E-state index is 14.7. The van der Waals surface area contributed by atoms with E-state index in [4.69, 9.17) is 18.9 Å². The van der Waals surface area contributed by atoms with Crippen LogP contribution in [0, 0.1) is 5.82 Å². The molecule has 1 aliphatic heterocycles. The van der Waals surface area contributed by atoms with Gasteiger partial charge < -0.3 is 29.4 Å². The van der Waals surface area contributed by atoms with Gasteiger partial charge in [-0.3, -0.25) is 4.79 Å². The number of amides is 1. The van der Waals surface area contributed by atoms with Crippen LogP contribution in [0.1, 0.15) is 15.2 Å². The second-order valence-corrected chi connectivity index (χ2v) is 8.87. The van der Waals surface area contributed by atoms with Gasteiger partial charge in [-0.15, -0.1) is 11.3 Å². The van der Waals surface area contributed by atoms with Gasteiger partial charge in [0, 0.05) is 28.3 Å². The van der Waals surface area contributed by atoms with E-state index in [1.165, 1.54) is 17.4 Å². The van der Waals surface area contributed by atoms with Crippen molar-refractivity contribution in [3.8, 4) is 23.0 Å². The Morgan fingerprint density at radius 1 is 1.03 bits per heavy atom. The van der Waals surface area contributed by atoms with Gasteiger partial charge >= 0.3 is 0 Å². The van der Waals surface area contributed by atoms with E-state index < -0.39 is 17.8 Å². The molecule has 0 radical (unpaired) electrons. The number of hydrogen-bond donors (Lipinski definition) is 2. The topological polar surface area (TPSA) is 86.3 Å². The summed E-state index contributed by atoms with van der Waals surface area (Å²) in [6.07, 6.45) is -0.959. The molecule has 180 valence electrons. The number of aliphatic hydroxyl groups is 1. The summed E-state index contributed by atoms with van der Waals surface area (Å²) in [6, 6.07) is 19.0. The van der Waals surface area contributed by atoms with Crippen molar-refractivity contribution in [2.75, 3.05) is 19.9 Å². The van der Waals surface area contributed by atoms with Crippen LogP contribution in [-0.2, 0) is 6.61 Å². The molecular formula is C26H22FNO6S. The largest absolute Gasteiger partial charge is 0.491 e. The van der Waals surface area contributed by atoms with Crippen LogP contribution in [0.25, 0.3) is 10.1 Å². The highest BCUT2D eigenvalue weighted by atomic mass is 32.1. The SMILES string of the molecule is O=C(NCC(O)COc1ccc2c(c1)OCO2)c1sc2cccc(F)c2c1COc1ccccc1. The Labute approximate surface area is 204 Å². The van der Waals surface area contributed by atoms with E-state index in [0.717, 1.165) is 0 Å². The van der Waals surface area contributed by atoms with Crippen LogP contribution in [0.4, 0.5) is 4.39 Å². The Balaban J connectivity index is 1.24. The average molecular weight is 496 g/mol. The van der Waals surface area contributed by atoms with E-state index >= 15 is 0 Å². The Kier molecular flexibility index (Phi) is 6.69. The summed E-state index contributed by atoms with van der Waals surface area (Å²) >= 11 is 1.18. The van der Waals surface area contributed by atoms with Crippen molar-refractivity contribution in [2.24, 2.45) is 0 Å². The Morgan fingerprint density at radius 2 is 1.86 bits per heavy atom. The first-order valence-corrected chi connectivity index (χ1v) is 11.8. The van der Waals surface area contributed by atoms with Gasteiger partial charge in [-0.05, 0) is 36.4 Å². The third-order valence-electron chi connectivity index (χ3n) is 5.38. The van der Waals surface area contributed by atoms with Crippen molar-refractivity contribution < 1.29 is 33.2 Å². The molecule has 0 fully saturated rings. The van der Waals surface area contributed by atoms with Gasteiger partial charge in [0.25, 0.3) is 5.91 Å². The molecule has 4 aromatic rings. The lowest BCUT2D eigenvalue weighted by molar-refractivity contribution is 0.0845. The highest BCUT2D eigenvalue weighted by Gasteiger charge is 2.22. The van der Waals surface area contributed by atoms with E-state index in [0.29, 0.717) is 43.5 Å². The molecule has 0 bridgehead atoms. The van der Waals surface area contributed by atoms with Crippen LogP contribution in [0.5, 0.6) is 23.0 Å². The number of aliphatic hydroxyl groups excluding tert-OH is 1. The lowest BCUT2D eigenvalue weighted by Crippen LogP contribution is -2.35. The number of nitrogens with one attached hydrogen (secondary N) is 1. The first-order valence-electron chi connectivity index (χ1n) is 10.9. The third-order valence-corrected chi connectivity index (χ3v) is 6.58. The van der Waals surface area contributed by atoms with Gasteiger partial charge in [0.1, 0.15) is 36.6 Å². The van der Waals surface area contributed by atoms with Crippen LogP contribution in [0.3, 0.4) is 0 Å². The van der Waals surface area contributed by atoms with Gasteiger partial charge in [-0.25, -0.2) is 4.39 Å². The van der Waals surface area contributed by atoms with Gasteiger partial charge in [0.05, 0.1) is 4.88 Å². The molecule has 3 aromatic carbocycles. The minimum absolute atomic E-state index is 0.0312. The first kappa shape index (κ1) is 22.9. The predicted octanol–water partition coefficient (Wildman–Crippen LogP) is 4.52. The summed E-state index contributed by atoms with van der Waals surface area (Å²) in [6.45, 7) is 0.112. The van der Waals surface area contributed by atoms with E-state index in [1.54, 1.807) is 42.5 Å². The number of hydrogen-bond acceptors (Lipinski definition) is 7. The van der Waals surface area contributed by atoms with Gasteiger partial charge in [0.2, 0.25) is 6.79 Å². The lowest BCUT2D eigenvalue weighted by atomic mass is 10.1. The first-order chi connectivity index (χ1) is 17.1. The van der Waals surface area contributed by atoms with Crippen LogP contribution in [0.15, 0.2) is 66.7 Å². The molecule has 0 saturated carbocycles. The fourth-order valence-corrected chi connectivity index (χ4v) is 4.81. The maximum Gasteiger partial charge on any atom is 0.261 e. The molecule has 2 heterocycles. The standard InChI is InChI=1S/C26H22FNO6S/c27-20-7-4-8-23-24(20)19(14-32-17-5-2-1-3-6-17)25(35-23)26(30)28-12-16(29)13-31-18-9-10-21-22(11-18)34-15-33-21/h1-11,16,29H,12-15H2,(H,28,30). The number of thiophene rings is 1. The van der Waals surface area contributed by atoms with Crippen molar-refractivity contribution in [1.29, 1.82) is 0 Å². The maximum absolute atomic E-state index is 14.7. The molecule has 1 atom stereocenters. The molecule has 0 spiro atoms. The molecule has 1 unspecified atom stereocenters. The summed E-state index contributed by atoms with van der Waals surface area (Å²) in [4.78, 5) is 13.3. The van der Waals surface area contributed by atoms with E-state index in [2.05, 4.69) is 5.32 Å². The number of ether oxygens (including phenoxy) is 4. The monoisotopic (exact) mass is 495 g/mol. The summed E-state index contributed by atoms with van der Waals surface area (Å²) in [5.41, 5.74) is 0.468. The van der Waals surface area contributed by atoms with Gasteiger partial charge in [-0.1, -0.05) is 24.3 Å². The minimum atomic E-state index is -0.959. The van der Waals surface area contributed by atoms with E-state index in [9.17, 15) is 14.3 Å². The van der Waals surface area contributed by atoms with Crippen molar-refractivity contribution in [1.82, 2.24) is 5.32 Å². The molecule has 2 N–H and O–H groups in total. The minimum Gasteiger partial charge on any atom is -0.491 e. The van der Waals surface area contributed by atoms with Crippen molar-refractivity contribution in [3.05, 3.63) is 83.0 Å². The Bertz CT molecular complexity index is 1340. The molecule has 1 aromatic heterocycles. The van der Waals surface area contributed by atoms with E-state index in [1.807, 2.05) is 18.2 Å². The van der Waals surface area contributed by atoms with Crippen LogP contribution in [0.2, 0.25) is 0 Å². The molecule has 5 rings (SSSR count). The zero-order valence-electron chi connectivity index (χ0n) is 18.5. The molecule has 35 heavy (non-hydrogen) atoms. The number of carbonyl (C=O) groups is 1. The Hall–Kier alpha value is -3.82. The van der Waals surface area contributed by atoms with Crippen LogP contribution >= 0.6 is 11.3 Å². The summed E-state index contributed by atoms with van der Waals surface area (Å²) in [5.74, 6) is 1.51. The van der Waals surface area contributed by atoms with Crippen molar-refractivity contribution >= 4 is 27.3 Å². The third kappa shape index (κ3) is 5.16. The quantitative estimate of drug-likeness (QED) is 0.355. The number of fused-ring (bicyclic) bond motifs is 2. The molecule has 9 heteroatoms. The molecule has 0 saturated heterocycles. The molecule has 1 amide bonds. The van der Waals surface area contributed by atoms with Crippen LogP contribution < -0.4 is 24.3 Å². The molecule has 0 aliphatic carbocycles. The fourth-order valence-electron chi connectivity index (χ4n) is 3.67. The van der Waals surface area contributed by atoms with Crippen molar-refractivity contribution in [2.45, 2.75) is 12.7 Å². The average Bonchev–Trinajstić information content (AvgIpc) is 3.50. The number of para-hydroxylation sites is 1. The number of rotatable bonds is 9. The lowest BCUT2D eigenvalue weighted by Gasteiger charge is -2.14. The second-order valence-electron chi connectivity index (χ2n) is 7.81. The normalized spacial score (nSPS) is 13.0. The molecule has 1 aliphatic rings. The molecular weight excluding hydrogens is 473 g/mol. The van der Waals surface area contributed by atoms with Crippen molar-refractivity contribution in [3.63, 3.8) is 0 Å². The van der Waals surface area contributed by atoms with E-state index in [-0.39, 0.29) is 26.6 Å². The van der Waals surface area contributed by atoms with Crippen LogP contribution in [-0.4, -0.2) is 37.1 Å². The number of carbonyl (C=O) groups excluding carboxylic acids is 1. The highest BCUT2D eigenvalue weighted by molar-refractivity contribution is 7.21. The summed E-state index contributed by atoms with van der Waals surface area (Å²) in [7, 11) is 0. The number of benzene rings is 3. The Morgan fingerprint density at radius 3 is 2.71 bits per heavy atom. The van der Waals surface area contributed by atoms with Gasteiger partial charge in [0.15, 0.2) is 11.5 Å². The van der Waals surface area contributed by atoms with Gasteiger partial charge in [-0.2, -0.15) is 0 Å². The predicted molar refractivity (Wildman–Crippen MR) is 129 cm³/mol. The highest BCUT2D eigenvalue weighted by Crippen LogP contribution is 2.35. The summed E-state index contributed by atoms with van der Waals surface area (Å²) < 4.78 is 37.3. The zero-order valence-corrected chi connectivity index (χ0v) is 19.3. The fraction of sp³-hybridized carbons (Fsp3) is 0.192. The summed E-state index contributed by atoms with van der Waals surface area (Å²) in [5, 5.41) is 13.4. The zero-order chi connectivity index (χ0) is 24.2. The second kappa shape index (κ2) is 10.2. The number of halogens is 1.